The highest BCUT2D eigenvalue weighted by molar-refractivity contribution is 5.87. The molecule has 4 heterocycles. The van der Waals surface area contributed by atoms with Crippen LogP contribution in [-0.2, 0) is 7.05 Å². The Morgan fingerprint density at radius 2 is 1.86 bits per heavy atom. The lowest BCUT2D eigenvalue weighted by atomic mass is 10.00. The molecule has 1 aliphatic heterocycles. The van der Waals surface area contributed by atoms with Gasteiger partial charge in [0.25, 0.3) is 0 Å². The van der Waals surface area contributed by atoms with Crippen LogP contribution in [-0.4, -0.2) is 42.6 Å². The molecule has 0 aliphatic carbocycles. The van der Waals surface area contributed by atoms with E-state index in [0.29, 0.717) is 40.2 Å². The van der Waals surface area contributed by atoms with Crippen LogP contribution in [0.5, 0.6) is 11.5 Å². The maximum Gasteiger partial charge on any atom is 0.226 e. The van der Waals surface area contributed by atoms with Crippen molar-refractivity contribution in [2.45, 2.75) is 26.7 Å². The van der Waals surface area contributed by atoms with Crippen molar-refractivity contribution in [3.63, 3.8) is 0 Å². The molecule has 0 spiro atoms. The summed E-state index contributed by atoms with van der Waals surface area (Å²) >= 11 is 0. The van der Waals surface area contributed by atoms with E-state index >= 15 is 4.39 Å². The second-order valence-corrected chi connectivity index (χ2v) is 9.63. The van der Waals surface area contributed by atoms with Crippen molar-refractivity contribution in [1.29, 1.82) is 0 Å². The first-order valence-corrected chi connectivity index (χ1v) is 12.3. The molecule has 6 rings (SSSR count). The lowest BCUT2D eigenvalue weighted by Gasteiger charge is -2.30. The van der Waals surface area contributed by atoms with Gasteiger partial charge >= 0.3 is 0 Å². The molecule has 10 heteroatoms. The maximum absolute atomic E-state index is 15.2. The molecule has 0 radical (unpaired) electrons. The summed E-state index contributed by atoms with van der Waals surface area (Å²) in [5.41, 5.74) is 3.99. The highest BCUT2D eigenvalue weighted by atomic mass is 19.1. The minimum absolute atomic E-state index is 0.275. The molecule has 0 atom stereocenters. The number of rotatable bonds is 5. The van der Waals surface area contributed by atoms with Gasteiger partial charge < -0.3 is 19.5 Å². The predicted molar refractivity (Wildman–Crippen MR) is 141 cm³/mol. The molecule has 1 aliphatic rings. The van der Waals surface area contributed by atoms with Crippen LogP contribution in [0, 0.1) is 18.7 Å². The number of nitrogens with zero attached hydrogens (tertiary/aromatic N) is 7. The van der Waals surface area contributed by atoms with Crippen molar-refractivity contribution in [3.8, 4) is 11.5 Å². The summed E-state index contributed by atoms with van der Waals surface area (Å²) in [6, 6.07) is 8.69. The Hall–Kier alpha value is -4.34. The van der Waals surface area contributed by atoms with Crippen LogP contribution in [0.25, 0.3) is 22.1 Å². The van der Waals surface area contributed by atoms with E-state index < -0.39 is 5.82 Å². The summed E-state index contributed by atoms with van der Waals surface area (Å²) in [5.74, 6) is 2.32. The third-order valence-corrected chi connectivity index (χ3v) is 6.87. The van der Waals surface area contributed by atoms with Crippen LogP contribution in [0.15, 0.2) is 49.2 Å². The van der Waals surface area contributed by atoms with E-state index in [-0.39, 0.29) is 5.69 Å². The zero-order valence-electron chi connectivity index (χ0n) is 20.9. The predicted octanol–water partition coefficient (Wildman–Crippen LogP) is 5.53. The second kappa shape index (κ2) is 9.27. The molecule has 1 fully saturated rings. The van der Waals surface area contributed by atoms with E-state index in [1.165, 1.54) is 12.4 Å². The summed E-state index contributed by atoms with van der Waals surface area (Å²) in [4.78, 5) is 24.4. The molecule has 2 aromatic carbocycles. The number of halogens is 1. The zero-order valence-corrected chi connectivity index (χ0v) is 20.9. The number of hydrogen-bond donors (Lipinski definition) is 1. The third-order valence-electron chi connectivity index (χ3n) is 6.87. The van der Waals surface area contributed by atoms with Crippen LogP contribution < -0.4 is 15.0 Å². The Morgan fingerprint density at radius 1 is 1.03 bits per heavy atom. The summed E-state index contributed by atoms with van der Waals surface area (Å²) in [6.45, 7) is 5.95. The molecule has 0 amide bonds. The van der Waals surface area contributed by atoms with Crippen molar-refractivity contribution in [3.05, 3.63) is 60.6 Å². The van der Waals surface area contributed by atoms with E-state index in [2.05, 4.69) is 37.1 Å². The summed E-state index contributed by atoms with van der Waals surface area (Å²) in [5, 5.41) is 3.11. The van der Waals surface area contributed by atoms with Crippen molar-refractivity contribution in [2.75, 3.05) is 23.3 Å². The summed E-state index contributed by atoms with van der Waals surface area (Å²) in [6.07, 6.45) is 7.07. The molecule has 0 saturated carbocycles. The molecule has 188 valence electrons. The fraction of sp³-hybridized carbons (Fsp3) is 0.296. The first-order valence-electron chi connectivity index (χ1n) is 12.3. The normalized spacial score (nSPS) is 14.4. The van der Waals surface area contributed by atoms with Gasteiger partial charge in [0.2, 0.25) is 5.95 Å². The summed E-state index contributed by atoms with van der Waals surface area (Å²) < 4.78 is 23.2. The Balaban J connectivity index is 1.27. The summed E-state index contributed by atoms with van der Waals surface area (Å²) in [7, 11) is 1.93. The number of piperidine rings is 1. The van der Waals surface area contributed by atoms with Gasteiger partial charge in [0.1, 0.15) is 34.7 Å². The highest BCUT2D eigenvalue weighted by Crippen LogP contribution is 2.33. The van der Waals surface area contributed by atoms with E-state index in [1.54, 1.807) is 18.6 Å². The van der Waals surface area contributed by atoms with Crippen LogP contribution in [0.1, 0.15) is 25.3 Å². The Labute approximate surface area is 213 Å². The zero-order chi connectivity index (χ0) is 25.5. The van der Waals surface area contributed by atoms with Gasteiger partial charge in [0.15, 0.2) is 5.82 Å². The average molecular weight is 499 g/mol. The minimum Gasteiger partial charge on any atom is -0.457 e. The smallest absolute Gasteiger partial charge is 0.226 e. The number of benzene rings is 2. The van der Waals surface area contributed by atoms with Crippen LogP contribution in [0.2, 0.25) is 0 Å². The van der Waals surface area contributed by atoms with E-state index in [1.807, 2.05) is 36.7 Å². The number of aromatic nitrogens is 6. The number of imidazole rings is 1. The van der Waals surface area contributed by atoms with Gasteiger partial charge in [-0.05, 0) is 49.4 Å². The molecule has 5 aromatic rings. The van der Waals surface area contributed by atoms with Gasteiger partial charge in [0, 0.05) is 32.3 Å². The standard InChI is InChI=1S/C27H27FN8O/c1-16-6-8-36(9-7-16)27-29-13-22-25(34-27)26(31-14-30-22)33-20-10-17(2)24(12-19(20)28)37-18-4-5-23-21(11-18)32-15-35(23)3/h4-5,10-16H,6-9H2,1-3H3,(H,30,31,33). The molecule has 1 saturated heterocycles. The SMILES string of the molecule is Cc1cc(Nc2ncnc3cnc(N4CCC(C)CC4)nc23)c(F)cc1Oc1ccc2c(c1)ncn2C. The Bertz CT molecular complexity index is 1610. The molecule has 3 aromatic heterocycles. The maximum atomic E-state index is 15.2. The van der Waals surface area contributed by atoms with Crippen molar-refractivity contribution < 1.29 is 9.13 Å². The molecule has 0 bridgehead atoms. The fourth-order valence-electron chi connectivity index (χ4n) is 4.60. The van der Waals surface area contributed by atoms with Crippen molar-refractivity contribution in [1.82, 2.24) is 29.5 Å². The third kappa shape index (κ3) is 4.50. The van der Waals surface area contributed by atoms with Gasteiger partial charge in [-0.3, -0.25) is 0 Å². The molecular formula is C27H27FN8O. The average Bonchev–Trinajstić information content (AvgIpc) is 3.27. The Kier molecular flexibility index (Phi) is 5.78. The van der Waals surface area contributed by atoms with E-state index in [0.717, 1.165) is 42.5 Å². The highest BCUT2D eigenvalue weighted by Gasteiger charge is 2.20. The van der Waals surface area contributed by atoms with Gasteiger partial charge in [-0.1, -0.05) is 6.92 Å². The monoisotopic (exact) mass is 498 g/mol. The number of anilines is 3. The number of aryl methyl sites for hydroxylation is 2. The largest absolute Gasteiger partial charge is 0.457 e. The Morgan fingerprint density at radius 3 is 2.70 bits per heavy atom. The van der Waals surface area contributed by atoms with Gasteiger partial charge in [-0.2, -0.15) is 0 Å². The van der Waals surface area contributed by atoms with Crippen LogP contribution in [0.3, 0.4) is 0 Å². The number of fused-ring (bicyclic) bond motifs is 2. The lowest BCUT2D eigenvalue weighted by Crippen LogP contribution is -2.34. The first-order chi connectivity index (χ1) is 17.9. The van der Waals surface area contributed by atoms with Crippen LogP contribution >= 0.6 is 0 Å². The van der Waals surface area contributed by atoms with Crippen molar-refractivity contribution >= 4 is 39.5 Å². The second-order valence-electron chi connectivity index (χ2n) is 9.63. The van der Waals surface area contributed by atoms with Gasteiger partial charge in [0.05, 0.1) is 29.2 Å². The number of hydrogen-bond acceptors (Lipinski definition) is 8. The topological polar surface area (TPSA) is 93.9 Å². The molecule has 1 N–H and O–H groups in total. The van der Waals surface area contributed by atoms with E-state index in [4.69, 9.17) is 9.72 Å². The number of nitrogens with one attached hydrogen (secondary N) is 1. The molecular weight excluding hydrogens is 471 g/mol. The van der Waals surface area contributed by atoms with Gasteiger partial charge in [-0.25, -0.2) is 29.3 Å². The van der Waals surface area contributed by atoms with Crippen LogP contribution in [0.4, 0.5) is 21.8 Å². The first kappa shape index (κ1) is 23.1. The molecule has 9 nitrogen and oxygen atoms in total. The van der Waals surface area contributed by atoms with Crippen molar-refractivity contribution in [2.24, 2.45) is 13.0 Å². The quantitative estimate of drug-likeness (QED) is 0.338. The van der Waals surface area contributed by atoms with Gasteiger partial charge in [-0.15, -0.1) is 0 Å². The fourth-order valence-corrected chi connectivity index (χ4v) is 4.60. The van der Waals surface area contributed by atoms with E-state index in [9.17, 15) is 0 Å². The lowest BCUT2D eigenvalue weighted by molar-refractivity contribution is 0.434. The minimum atomic E-state index is -0.467. The molecule has 37 heavy (non-hydrogen) atoms. The number of ether oxygens (including phenoxy) is 1. The molecule has 0 unspecified atom stereocenters.